The van der Waals surface area contributed by atoms with Crippen LogP contribution in [0.1, 0.15) is 19.8 Å². The molecule has 1 atom stereocenters. The molecule has 0 bridgehead atoms. The number of hydrogen-bond donors (Lipinski definition) is 0. The van der Waals surface area contributed by atoms with Crippen LogP contribution in [0.3, 0.4) is 0 Å². The van der Waals surface area contributed by atoms with E-state index in [2.05, 4.69) is 18.5 Å². The van der Waals surface area contributed by atoms with E-state index in [1.165, 1.54) is 5.17 Å². The monoisotopic (exact) mass is 278 g/mol. The average molecular weight is 279 g/mol. The van der Waals surface area contributed by atoms with E-state index in [4.69, 9.17) is 0 Å². The van der Waals surface area contributed by atoms with Crippen molar-refractivity contribution in [2.24, 2.45) is 0 Å². The first-order valence-corrected chi connectivity index (χ1v) is 5.68. The normalized spacial score (nSPS) is 26.3. The van der Waals surface area contributed by atoms with Crippen LogP contribution in [0, 0.1) is 0 Å². The number of fused-ring (bicyclic) bond motifs is 1. The van der Waals surface area contributed by atoms with Crippen LogP contribution in [0.15, 0.2) is 0 Å². The molecule has 2 aliphatic heterocycles. The quantitative estimate of drug-likeness (QED) is 0.506. The van der Waals surface area contributed by atoms with Crippen molar-refractivity contribution in [2.75, 3.05) is 20.1 Å². The molecule has 80 valence electrons. The number of halogens is 1. The second-order valence-corrected chi connectivity index (χ2v) is 4.73. The van der Waals surface area contributed by atoms with E-state index in [0.29, 0.717) is 5.91 Å². The van der Waals surface area contributed by atoms with Crippen LogP contribution in [0.2, 0.25) is 0 Å². The predicted octanol–water partition coefficient (Wildman–Crippen LogP) is -2.25. The van der Waals surface area contributed by atoms with Crippen molar-refractivity contribution in [1.82, 2.24) is 4.90 Å². The minimum Gasteiger partial charge on any atom is -1.00 e. The Labute approximate surface area is 99.3 Å². The molecule has 1 amide bonds. The van der Waals surface area contributed by atoms with E-state index in [-0.39, 0.29) is 22.2 Å². The maximum absolute atomic E-state index is 11.8. The second kappa shape index (κ2) is 4.66. The average Bonchev–Trinajstić information content (AvgIpc) is 2.45. The SMILES string of the molecule is CCC1SC2=[N+](C)CCCN2C1=O.[Br-]. The van der Waals surface area contributed by atoms with Crippen molar-refractivity contribution in [3.05, 3.63) is 0 Å². The molecular weight excluding hydrogens is 264 g/mol. The summed E-state index contributed by atoms with van der Waals surface area (Å²) in [5.74, 6) is 0.314. The Morgan fingerprint density at radius 2 is 2.36 bits per heavy atom. The summed E-state index contributed by atoms with van der Waals surface area (Å²) in [7, 11) is 2.07. The number of nitrogens with zero attached hydrogens (tertiary/aromatic N) is 2. The Hall–Kier alpha value is -0.0300. The van der Waals surface area contributed by atoms with Gasteiger partial charge in [-0.3, -0.25) is 4.58 Å². The van der Waals surface area contributed by atoms with Gasteiger partial charge in [0.15, 0.2) is 0 Å². The second-order valence-electron chi connectivity index (χ2n) is 3.56. The van der Waals surface area contributed by atoms with E-state index in [1.54, 1.807) is 11.8 Å². The Morgan fingerprint density at radius 1 is 1.64 bits per heavy atom. The molecule has 0 aromatic rings. The summed E-state index contributed by atoms with van der Waals surface area (Å²) in [6.07, 6.45) is 2.04. The lowest BCUT2D eigenvalue weighted by Crippen LogP contribution is -3.00. The van der Waals surface area contributed by atoms with Crippen LogP contribution in [0.25, 0.3) is 0 Å². The third-order valence-corrected chi connectivity index (χ3v) is 4.15. The minimum atomic E-state index is 0. The molecule has 1 unspecified atom stereocenters. The van der Waals surface area contributed by atoms with E-state index in [0.717, 1.165) is 25.9 Å². The first-order valence-electron chi connectivity index (χ1n) is 4.80. The van der Waals surface area contributed by atoms with E-state index in [1.807, 2.05) is 4.90 Å². The first kappa shape index (κ1) is 12.0. The van der Waals surface area contributed by atoms with Crippen molar-refractivity contribution < 1.29 is 26.4 Å². The summed E-state index contributed by atoms with van der Waals surface area (Å²) in [5.41, 5.74) is 0. The maximum atomic E-state index is 11.8. The zero-order valence-electron chi connectivity index (χ0n) is 8.49. The molecule has 5 heteroatoms. The van der Waals surface area contributed by atoms with Gasteiger partial charge in [0.25, 0.3) is 0 Å². The van der Waals surface area contributed by atoms with E-state index < -0.39 is 0 Å². The van der Waals surface area contributed by atoms with Crippen LogP contribution in [-0.4, -0.2) is 45.9 Å². The van der Waals surface area contributed by atoms with Gasteiger partial charge in [0, 0.05) is 6.42 Å². The van der Waals surface area contributed by atoms with E-state index in [9.17, 15) is 4.79 Å². The Morgan fingerprint density at radius 3 is 2.93 bits per heavy atom. The fourth-order valence-corrected chi connectivity index (χ4v) is 3.06. The summed E-state index contributed by atoms with van der Waals surface area (Å²) < 4.78 is 2.20. The Bertz CT molecular complexity index is 280. The molecule has 0 aliphatic carbocycles. The number of carbonyl (C=O) groups excluding carboxylic acids is 1. The fourth-order valence-electron chi connectivity index (χ4n) is 1.83. The van der Waals surface area contributed by atoms with Gasteiger partial charge in [0.1, 0.15) is 5.25 Å². The molecule has 0 saturated carbocycles. The largest absolute Gasteiger partial charge is 1.00 e. The molecule has 14 heavy (non-hydrogen) atoms. The van der Waals surface area contributed by atoms with Crippen molar-refractivity contribution in [3.63, 3.8) is 0 Å². The van der Waals surface area contributed by atoms with Crippen LogP contribution < -0.4 is 17.0 Å². The topological polar surface area (TPSA) is 23.3 Å². The summed E-state index contributed by atoms with van der Waals surface area (Å²) >= 11 is 1.73. The molecular formula is C9H15BrN2OS. The van der Waals surface area contributed by atoms with Gasteiger partial charge in [-0.1, -0.05) is 6.92 Å². The summed E-state index contributed by atoms with van der Waals surface area (Å²) in [4.78, 5) is 13.7. The molecule has 2 rings (SSSR count). The Kier molecular flexibility index (Phi) is 4.01. The third kappa shape index (κ3) is 1.84. The highest BCUT2D eigenvalue weighted by Gasteiger charge is 2.45. The lowest BCUT2D eigenvalue weighted by molar-refractivity contribution is -0.504. The molecule has 3 nitrogen and oxygen atoms in total. The molecule has 1 fully saturated rings. The standard InChI is InChI=1S/C9H15N2OS.BrH/c1-3-7-8(12)11-6-4-5-10(2)9(11)13-7;/h7H,3-6H2,1-2H3;1H/q+1;/p-1. The zero-order chi connectivity index (χ0) is 9.42. The molecule has 0 radical (unpaired) electrons. The smallest absolute Gasteiger partial charge is 0.323 e. The van der Waals surface area contributed by atoms with Crippen LogP contribution in [-0.2, 0) is 4.79 Å². The van der Waals surface area contributed by atoms with Crippen LogP contribution >= 0.6 is 11.8 Å². The molecule has 1 saturated heterocycles. The first-order chi connectivity index (χ1) is 6.24. The summed E-state index contributed by atoms with van der Waals surface area (Å²) in [6.45, 7) is 4.08. The number of amides is 1. The lowest BCUT2D eigenvalue weighted by Gasteiger charge is -2.16. The van der Waals surface area contributed by atoms with Gasteiger partial charge < -0.3 is 17.0 Å². The maximum Gasteiger partial charge on any atom is 0.323 e. The third-order valence-electron chi connectivity index (χ3n) is 2.59. The molecule has 2 heterocycles. The number of rotatable bonds is 1. The van der Waals surface area contributed by atoms with Gasteiger partial charge in [-0.25, -0.2) is 4.79 Å². The van der Waals surface area contributed by atoms with Gasteiger partial charge in [0.2, 0.25) is 0 Å². The van der Waals surface area contributed by atoms with Gasteiger partial charge in [-0.2, -0.15) is 4.90 Å². The minimum absolute atomic E-state index is 0. The van der Waals surface area contributed by atoms with E-state index >= 15 is 0 Å². The van der Waals surface area contributed by atoms with Crippen molar-refractivity contribution in [1.29, 1.82) is 0 Å². The highest BCUT2D eigenvalue weighted by atomic mass is 79.9. The molecule has 0 spiro atoms. The van der Waals surface area contributed by atoms with Gasteiger partial charge in [0.05, 0.1) is 20.1 Å². The van der Waals surface area contributed by atoms with Crippen molar-refractivity contribution in [3.8, 4) is 0 Å². The zero-order valence-corrected chi connectivity index (χ0v) is 10.9. The van der Waals surface area contributed by atoms with Crippen molar-refractivity contribution >= 4 is 22.8 Å². The van der Waals surface area contributed by atoms with Crippen LogP contribution in [0.5, 0.6) is 0 Å². The highest BCUT2D eigenvalue weighted by Crippen LogP contribution is 2.30. The van der Waals surface area contributed by atoms with Gasteiger partial charge in [-0.15, -0.1) is 0 Å². The van der Waals surface area contributed by atoms with Gasteiger partial charge in [-0.05, 0) is 18.2 Å². The molecule has 2 aliphatic rings. The highest BCUT2D eigenvalue weighted by molar-refractivity contribution is 8.15. The van der Waals surface area contributed by atoms with Gasteiger partial charge >= 0.3 is 11.1 Å². The summed E-state index contributed by atoms with van der Waals surface area (Å²) in [5, 5.41) is 1.35. The number of amidine groups is 1. The summed E-state index contributed by atoms with van der Waals surface area (Å²) in [6, 6.07) is 0. The number of carbonyl (C=O) groups is 1. The predicted molar refractivity (Wildman–Crippen MR) is 54.1 cm³/mol. The number of hydrogen-bond acceptors (Lipinski definition) is 2. The Balaban J connectivity index is 0.000000980. The molecule has 0 aromatic heterocycles. The fraction of sp³-hybridized carbons (Fsp3) is 0.778. The molecule has 0 aromatic carbocycles. The lowest BCUT2D eigenvalue weighted by atomic mass is 10.2. The molecule has 0 N–H and O–H groups in total. The van der Waals surface area contributed by atoms with Crippen molar-refractivity contribution in [2.45, 2.75) is 25.0 Å². The van der Waals surface area contributed by atoms with Crippen LogP contribution in [0.4, 0.5) is 0 Å². The number of thioether (sulfide) groups is 1.